The molecule has 0 bridgehead atoms. The molecule has 122 valence electrons. The third-order valence-electron chi connectivity index (χ3n) is 3.62. The highest BCUT2D eigenvalue weighted by Gasteiger charge is 2.17. The molecule has 2 rings (SSSR count). The Morgan fingerprint density at radius 3 is 2.74 bits per heavy atom. The van der Waals surface area contributed by atoms with Gasteiger partial charge in [0.2, 0.25) is 0 Å². The summed E-state index contributed by atoms with van der Waals surface area (Å²) < 4.78 is 0. The fraction of sp³-hybridized carbons (Fsp3) is 0.294. The molecule has 1 amide bonds. The number of aromatic amines is 1. The molecular weight excluding hydrogens is 314 g/mol. The summed E-state index contributed by atoms with van der Waals surface area (Å²) in [6.07, 6.45) is 1.36. The van der Waals surface area contributed by atoms with Crippen molar-refractivity contribution in [3.63, 3.8) is 0 Å². The summed E-state index contributed by atoms with van der Waals surface area (Å²) in [5.41, 5.74) is 1.82. The number of hydrogen-bond donors (Lipinski definition) is 2. The van der Waals surface area contributed by atoms with Gasteiger partial charge in [0.15, 0.2) is 0 Å². The number of nitrogens with zero attached hydrogens (tertiary/aromatic N) is 1. The lowest BCUT2D eigenvalue weighted by molar-refractivity contribution is 0.0940. The Hall–Kier alpha value is -2.11. The first-order chi connectivity index (χ1) is 10.9. The van der Waals surface area contributed by atoms with Crippen molar-refractivity contribution >= 4 is 17.5 Å². The average molecular weight is 334 g/mol. The quantitative estimate of drug-likeness (QED) is 0.883. The molecule has 0 unspecified atom stereocenters. The van der Waals surface area contributed by atoms with E-state index >= 15 is 0 Å². The molecule has 0 fully saturated rings. The second-order valence-electron chi connectivity index (χ2n) is 5.66. The van der Waals surface area contributed by atoms with E-state index in [1.165, 1.54) is 12.3 Å². The minimum Gasteiger partial charge on any atom is -0.350 e. The highest BCUT2D eigenvalue weighted by Crippen LogP contribution is 2.18. The molecule has 23 heavy (non-hydrogen) atoms. The number of hydrogen-bond acceptors (Lipinski definition) is 3. The predicted octanol–water partition coefficient (Wildman–Crippen LogP) is 2.37. The third kappa shape index (κ3) is 4.43. The van der Waals surface area contributed by atoms with Gasteiger partial charge in [0.25, 0.3) is 11.5 Å². The predicted molar refractivity (Wildman–Crippen MR) is 92.0 cm³/mol. The third-order valence-corrected chi connectivity index (χ3v) is 3.84. The van der Waals surface area contributed by atoms with Gasteiger partial charge >= 0.3 is 0 Å². The van der Waals surface area contributed by atoms with E-state index < -0.39 is 11.5 Å². The van der Waals surface area contributed by atoms with Crippen LogP contribution in [0.1, 0.15) is 27.5 Å². The zero-order valence-electron chi connectivity index (χ0n) is 13.4. The maximum absolute atomic E-state index is 12.2. The monoisotopic (exact) mass is 333 g/mol. The lowest BCUT2D eigenvalue weighted by Gasteiger charge is -2.25. The summed E-state index contributed by atoms with van der Waals surface area (Å²) >= 11 is 5.83. The van der Waals surface area contributed by atoms with Gasteiger partial charge in [0.1, 0.15) is 5.56 Å². The van der Waals surface area contributed by atoms with Gasteiger partial charge in [0.05, 0.1) is 11.1 Å². The van der Waals surface area contributed by atoms with Crippen LogP contribution in [0.4, 0.5) is 0 Å². The van der Waals surface area contributed by atoms with E-state index in [0.717, 1.165) is 11.1 Å². The van der Waals surface area contributed by atoms with Crippen molar-refractivity contribution < 1.29 is 4.79 Å². The van der Waals surface area contributed by atoms with Crippen LogP contribution in [-0.4, -0.2) is 36.4 Å². The number of H-pyrrole nitrogens is 1. The summed E-state index contributed by atoms with van der Waals surface area (Å²) in [6.45, 7) is 2.42. The molecule has 6 heteroatoms. The zero-order valence-corrected chi connectivity index (χ0v) is 14.1. The SMILES string of the molecule is Cc1cccc([C@@H](CNC(=O)c2cc(Cl)c[nH]c2=O)N(C)C)c1. The normalized spacial score (nSPS) is 12.2. The smallest absolute Gasteiger partial charge is 0.260 e. The molecule has 1 atom stereocenters. The molecule has 0 spiro atoms. The number of aromatic nitrogens is 1. The van der Waals surface area contributed by atoms with E-state index in [1.807, 2.05) is 44.1 Å². The number of pyridine rings is 1. The second-order valence-corrected chi connectivity index (χ2v) is 6.10. The number of halogens is 1. The molecule has 0 aliphatic rings. The van der Waals surface area contributed by atoms with Gasteiger partial charge in [-0.1, -0.05) is 41.4 Å². The van der Waals surface area contributed by atoms with E-state index in [0.29, 0.717) is 11.6 Å². The molecule has 5 nitrogen and oxygen atoms in total. The molecule has 0 radical (unpaired) electrons. The molecule has 1 heterocycles. The van der Waals surface area contributed by atoms with Crippen molar-refractivity contribution in [2.75, 3.05) is 20.6 Å². The number of likely N-dealkylation sites (N-methyl/N-ethyl adjacent to an activating group) is 1. The molecule has 0 saturated heterocycles. The number of rotatable bonds is 5. The van der Waals surface area contributed by atoms with E-state index in [4.69, 9.17) is 11.6 Å². The van der Waals surface area contributed by atoms with E-state index in [-0.39, 0.29) is 11.6 Å². The lowest BCUT2D eigenvalue weighted by Crippen LogP contribution is -2.36. The lowest BCUT2D eigenvalue weighted by atomic mass is 10.0. The molecular formula is C17H20ClN3O2. The average Bonchev–Trinajstić information content (AvgIpc) is 2.49. The summed E-state index contributed by atoms with van der Waals surface area (Å²) in [4.78, 5) is 28.4. The van der Waals surface area contributed by atoms with Gasteiger partial charge in [-0.25, -0.2) is 0 Å². The number of nitrogens with one attached hydrogen (secondary N) is 2. The van der Waals surface area contributed by atoms with Crippen LogP contribution in [0.25, 0.3) is 0 Å². The highest BCUT2D eigenvalue weighted by atomic mass is 35.5. The Labute approximate surface area is 140 Å². The van der Waals surface area contributed by atoms with Crippen molar-refractivity contribution in [2.24, 2.45) is 0 Å². The number of aryl methyl sites for hydroxylation is 1. The maximum Gasteiger partial charge on any atom is 0.260 e. The fourth-order valence-corrected chi connectivity index (χ4v) is 2.55. The van der Waals surface area contributed by atoms with Crippen molar-refractivity contribution in [3.05, 3.63) is 68.6 Å². The van der Waals surface area contributed by atoms with Gasteiger partial charge in [-0.2, -0.15) is 0 Å². The standard InChI is InChI=1S/C17H20ClN3O2/c1-11-5-4-6-12(7-11)15(21(2)3)10-20-17(23)14-8-13(18)9-19-16(14)22/h4-9,15H,10H2,1-3H3,(H,19,22)(H,20,23)/t15-/m1/s1. The summed E-state index contributed by atoms with van der Waals surface area (Å²) in [5, 5.41) is 3.12. The van der Waals surface area contributed by atoms with Gasteiger partial charge in [-0.05, 0) is 32.6 Å². The van der Waals surface area contributed by atoms with Crippen LogP contribution in [0.5, 0.6) is 0 Å². The van der Waals surface area contributed by atoms with Crippen molar-refractivity contribution in [2.45, 2.75) is 13.0 Å². The number of carbonyl (C=O) groups is 1. The molecule has 1 aromatic carbocycles. The van der Waals surface area contributed by atoms with Gasteiger partial charge in [-0.3, -0.25) is 9.59 Å². The molecule has 0 aliphatic carbocycles. The van der Waals surface area contributed by atoms with Crippen LogP contribution in [0, 0.1) is 6.92 Å². The van der Waals surface area contributed by atoms with Crippen LogP contribution in [-0.2, 0) is 0 Å². The molecule has 2 N–H and O–H groups in total. The topological polar surface area (TPSA) is 65.2 Å². The zero-order chi connectivity index (χ0) is 17.0. The van der Waals surface area contributed by atoms with Crippen LogP contribution >= 0.6 is 11.6 Å². The van der Waals surface area contributed by atoms with Crippen LogP contribution < -0.4 is 10.9 Å². The Kier molecular flexibility index (Phi) is 5.58. The van der Waals surface area contributed by atoms with Gasteiger partial charge in [0, 0.05) is 12.7 Å². The summed E-state index contributed by atoms with van der Waals surface area (Å²) in [6, 6.07) is 9.51. The number of amides is 1. The first kappa shape index (κ1) is 17.2. The largest absolute Gasteiger partial charge is 0.350 e. The van der Waals surface area contributed by atoms with Crippen molar-refractivity contribution in [1.82, 2.24) is 15.2 Å². The summed E-state index contributed by atoms with van der Waals surface area (Å²) in [7, 11) is 3.90. The van der Waals surface area contributed by atoms with Crippen LogP contribution in [0.15, 0.2) is 41.3 Å². The molecule has 2 aromatic rings. The highest BCUT2D eigenvalue weighted by molar-refractivity contribution is 6.30. The summed E-state index contributed by atoms with van der Waals surface area (Å²) in [5.74, 6) is -0.437. The molecule has 1 aromatic heterocycles. The van der Waals surface area contributed by atoms with E-state index in [9.17, 15) is 9.59 Å². The Bertz CT molecular complexity index is 755. The second kappa shape index (κ2) is 7.44. The Balaban J connectivity index is 2.14. The molecule has 0 saturated carbocycles. The van der Waals surface area contributed by atoms with Gasteiger partial charge in [-0.15, -0.1) is 0 Å². The van der Waals surface area contributed by atoms with Gasteiger partial charge < -0.3 is 15.2 Å². The minimum atomic E-state index is -0.455. The number of carbonyl (C=O) groups excluding carboxylic acids is 1. The maximum atomic E-state index is 12.2. The number of benzene rings is 1. The van der Waals surface area contributed by atoms with Crippen LogP contribution in [0.2, 0.25) is 5.02 Å². The first-order valence-electron chi connectivity index (χ1n) is 7.28. The Morgan fingerprint density at radius 2 is 2.09 bits per heavy atom. The van der Waals surface area contributed by atoms with Crippen molar-refractivity contribution in [3.8, 4) is 0 Å². The van der Waals surface area contributed by atoms with E-state index in [2.05, 4.69) is 16.4 Å². The first-order valence-corrected chi connectivity index (χ1v) is 7.65. The molecule has 0 aliphatic heterocycles. The van der Waals surface area contributed by atoms with E-state index in [1.54, 1.807) is 0 Å². The van der Waals surface area contributed by atoms with Crippen LogP contribution in [0.3, 0.4) is 0 Å². The Morgan fingerprint density at radius 1 is 1.35 bits per heavy atom. The van der Waals surface area contributed by atoms with Crippen molar-refractivity contribution in [1.29, 1.82) is 0 Å². The minimum absolute atomic E-state index is 0.0112. The fourth-order valence-electron chi connectivity index (χ4n) is 2.39.